The summed E-state index contributed by atoms with van der Waals surface area (Å²) in [6.45, 7) is 1.31. The number of benzene rings is 1. The van der Waals surface area contributed by atoms with Crippen molar-refractivity contribution in [2.75, 3.05) is 6.61 Å². The summed E-state index contributed by atoms with van der Waals surface area (Å²) < 4.78 is 7.56. The van der Waals surface area contributed by atoms with Gasteiger partial charge in [-0.2, -0.15) is 5.10 Å². The topological polar surface area (TPSA) is 47.3 Å². The number of rotatable bonds is 4. The first kappa shape index (κ1) is 12.2. The maximum absolute atomic E-state index is 9.99. The molecular weight excluding hydrogens is 240 g/mol. The lowest BCUT2D eigenvalue weighted by atomic mass is 9.89. The van der Waals surface area contributed by atoms with E-state index in [0.717, 1.165) is 37.1 Å². The summed E-state index contributed by atoms with van der Waals surface area (Å²) in [6.07, 6.45) is 6.31. The largest absolute Gasteiger partial charge is 0.492 e. The molecule has 2 aromatic rings. The Bertz CT molecular complexity index is 537. The van der Waals surface area contributed by atoms with Crippen LogP contribution in [0.15, 0.2) is 36.7 Å². The number of hydrogen-bond acceptors (Lipinski definition) is 3. The fourth-order valence-electron chi connectivity index (χ4n) is 2.53. The molecule has 1 N–H and O–H groups in total. The highest BCUT2D eigenvalue weighted by Gasteiger charge is 2.18. The SMILES string of the molecule is O[C@H]1CCCc2ccc(OCCn3cccn3)cc21. The van der Waals surface area contributed by atoms with Gasteiger partial charge in [0.1, 0.15) is 12.4 Å². The number of nitrogens with zero attached hydrogens (tertiary/aromatic N) is 2. The van der Waals surface area contributed by atoms with Crippen LogP contribution in [0.4, 0.5) is 0 Å². The maximum Gasteiger partial charge on any atom is 0.119 e. The second kappa shape index (κ2) is 5.45. The van der Waals surface area contributed by atoms with Gasteiger partial charge in [0.05, 0.1) is 12.6 Å². The number of hydrogen-bond donors (Lipinski definition) is 1. The summed E-state index contributed by atoms with van der Waals surface area (Å²) in [6, 6.07) is 7.93. The summed E-state index contributed by atoms with van der Waals surface area (Å²) in [5, 5.41) is 14.1. The first-order valence-corrected chi connectivity index (χ1v) is 6.74. The number of fused-ring (bicyclic) bond motifs is 1. The molecule has 0 radical (unpaired) electrons. The molecule has 1 atom stereocenters. The highest BCUT2D eigenvalue weighted by atomic mass is 16.5. The Balaban J connectivity index is 1.63. The fourth-order valence-corrected chi connectivity index (χ4v) is 2.53. The van der Waals surface area contributed by atoms with Crippen molar-refractivity contribution < 1.29 is 9.84 Å². The molecule has 1 aromatic carbocycles. The molecule has 0 aliphatic heterocycles. The van der Waals surface area contributed by atoms with Crippen molar-refractivity contribution in [2.45, 2.75) is 31.9 Å². The zero-order valence-electron chi connectivity index (χ0n) is 10.8. The highest BCUT2D eigenvalue weighted by Crippen LogP contribution is 2.32. The van der Waals surface area contributed by atoms with E-state index in [1.165, 1.54) is 5.56 Å². The quantitative estimate of drug-likeness (QED) is 0.915. The molecule has 0 saturated carbocycles. The third kappa shape index (κ3) is 2.79. The predicted molar refractivity (Wildman–Crippen MR) is 72.1 cm³/mol. The van der Waals surface area contributed by atoms with Gasteiger partial charge in [0.15, 0.2) is 0 Å². The molecule has 3 rings (SSSR count). The van der Waals surface area contributed by atoms with Gasteiger partial charge in [-0.3, -0.25) is 4.68 Å². The maximum atomic E-state index is 9.99. The molecular formula is C15H18N2O2. The average Bonchev–Trinajstić information content (AvgIpc) is 2.93. The second-order valence-electron chi connectivity index (χ2n) is 4.89. The van der Waals surface area contributed by atoms with Crippen LogP contribution in [-0.2, 0) is 13.0 Å². The van der Waals surface area contributed by atoms with Crippen molar-refractivity contribution in [1.82, 2.24) is 9.78 Å². The molecule has 0 fully saturated rings. The van der Waals surface area contributed by atoms with E-state index in [-0.39, 0.29) is 6.10 Å². The van der Waals surface area contributed by atoms with E-state index in [2.05, 4.69) is 11.2 Å². The van der Waals surface area contributed by atoms with E-state index in [1.54, 1.807) is 6.20 Å². The van der Waals surface area contributed by atoms with E-state index >= 15 is 0 Å². The van der Waals surface area contributed by atoms with Crippen LogP contribution < -0.4 is 4.74 Å². The number of aliphatic hydroxyl groups excluding tert-OH is 1. The van der Waals surface area contributed by atoms with Gasteiger partial charge in [-0.1, -0.05) is 6.07 Å². The van der Waals surface area contributed by atoms with Crippen LogP contribution in [0.25, 0.3) is 0 Å². The molecule has 0 spiro atoms. The van der Waals surface area contributed by atoms with Gasteiger partial charge < -0.3 is 9.84 Å². The van der Waals surface area contributed by atoms with Crippen LogP contribution in [-0.4, -0.2) is 21.5 Å². The number of aliphatic hydroxyl groups is 1. The van der Waals surface area contributed by atoms with E-state index in [1.807, 2.05) is 29.1 Å². The molecule has 1 aromatic heterocycles. The van der Waals surface area contributed by atoms with Crippen LogP contribution in [0, 0.1) is 0 Å². The summed E-state index contributed by atoms with van der Waals surface area (Å²) >= 11 is 0. The third-order valence-electron chi connectivity index (χ3n) is 3.55. The standard InChI is InChI=1S/C15H18N2O2/c18-15-4-1-3-12-5-6-13(11-14(12)15)19-10-9-17-8-2-7-16-17/h2,5-8,11,15,18H,1,3-4,9-10H2/t15-/m0/s1. The first-order valence-electron chi connectivity index (χ1n) is 6.74. The van der Waals surface area contributed by atoms with Crippen molar-refractivity contribution in [1.29, 1.82) is 0 Å². The van der Waals surface area contributed by atoms with Crippen LogP contribution in [0.5, 0.6) is 5.75 Å². The zero-order chi connectivity index (χ0) is 13.1. The Morgan fingerprint density at radius 2 is 2.37 bits per heavy atom. The van der Waals surface area contributed by atoms with E-state index in [4.69, 9.17) is 4.74 Å². The summed E-state index contributed by atoms with van der Waals surface area (Å²) in [5.41, 5.74) is 2.28. The van der Waals surface area contributed by atoms with Gasteiger partial charge in [-0.15, -0.1) is 0 Å². The van der Waals surface area contributed by atoms with Crippen LogP contribution in [0.2, 0.25) is 0 Å². The molecule has 1 aliphatic carbocycles. The molecule has 19 heavy (non-hydrogen) atoms. The Kier molecular flexibility index (Phi) is 3.51. The minimum absolute atomic E-state index is 0.335. The molecule has 100 valence electrons. The van der Waals surface area contributed by atoms with Crippen molar-refractivity contribution >= 4 is 0 Å². The Labute approximate surface area is 112 Å². The van der Waals surface area contributed by atoms with Crippen LogP contribution >= 0.6 is 0 Å². The average molecular weight is 258 g/mol. The molecule has 0 bridgehead atoms. The lowest BCUT2D eigenvalue weighted by Gasteiger charge is -2.22. The van der Waals surface area contributed by atoms with Gasteiger partial charge in [-0.25, -0.2) is 0 Å². The fraction of sp³-hybridized carbons (Fsp3) is 0.400. The Morgan fingerprint density at radius 1 is 1.42 bits per heavy atom. The van der Waals surface area contributed by atoms with Gasteiger partial charge in [0.2, 0.25) is 0 Å². The predicted octanol–water partition coefficient (Wildman–Crippen LogP) is 2.33. The molecule has 0 saturated heterocycles. The lowest BCUT2D eigenvalue weighted by Crippen LogP contribution is -2.11. The van der Waals surface area contributed by atoms with Crippen molar-refractivity contribution in [3.05, 3.63) is 47.8 Å². The van der Waals surface area contributed by atoms with Crippen molar-refractivity contribution in [3.8, 4) is 5.75 Å². The normalized spacial score (nSPS) is 18.1. The minimum Gasteiger partial charge on any atom is -0.492 e. The van der Waals surface area contributed by atoms with Gasteiger partial charge in [-0.05, 0) is 48.6 Å². The van der Waals surface area contributed by atoms with Crippen molar-refractivity contribution in [3.63, 3.8) is 0 Å². The summed E-state index contributed by atoms with van der Waals surface area (Å²) in [5.74, 6) is 0.826. The van der Waals surface area contributed by atoms with E-state index in [9.17, 15) is 5.11 Å². The van der Waals surface area contributed by atoms with Crippen LogP contribution in [0.1, 0.15) is 30.1 Å². The summed E-state index contributed by atoms with van der Waals surface area (Å²) in [4.78, 5) is 0. The number of aryl methyl sites for hydroxylation is 1. The molecule has 0 amide bonds. The van der Waals surface area contributed by atoms with Crippen LogP contribution in [0.3, 0.4) is 0 Å². The number of aromatic nitrogens is 2. The van der Waals surface area contributed by atoms with Gasteiger partial charge in [0, 0.05) is 12.4 Å². The Morgan fingerprint density at radius 3 is 3.21 bits per heavy atom. The van der Waals surface area contributed by atoms with Gasteiger partial charge >= 0.3 is 0 Å². The minimum atomic E-state index is -0.335. The molecule has 1 heterocycles. The monoisotopic (exact) mass is 258 g/mol. The highest BCUT2D eigenvalue weighted by molar-refractivity contribution is 5.38. The Hall–Kier alpha value is -1.81. The lowest BCUT2D eigenvalue weighted by molar-refractivity contribution is 0.156. The zero-order valence-corrected chi connectivity index (χ0v) is 10.8. The third-order valence-corrected chi connectivity index (χ3v) is 3.55. The van der Waals surface area contributed by atoms with E-state index in [0.29, 0.717) is 6.61 Å². The van der Waals surface area contributed by atoms with Crippen molar-refractivity contribution in [2.24, 2.45) is 0 Å². The smallest absolute Gasteiger partial charge is 0.119 e. The van der Waals surface area contributed by atoms with Gasteiger partial charge in [0.25, 0.3) is 0 Å². The molecule has 4 heteroatoms. The number of ether oxygens (including phenoxy) is 1. The first-order chi connectivity index (χ1) is 9.33. The molecule has 0 unspecified atom stereocenters. The molecule has 4 nitrogen and oxygen atoms in total. The summed E-state index contributed by atoms with van der Waals surface area (Å²) in [7, 11) is 0. The van der Waals surface area contributed by atoms with E-state index < -0.39 is 0 Å². The molecule has 1 aliphatic rings. The second-order valence-corrected chi connectivity index (χ2v) is 4.89.